The summed E-state index contributed by atoms with van der Waals surface area (Å²) in [5, 5.41) is 0. The van der Waals surface area contributed by atoms with Crippen molar-refractivity contribution in [3.8, 4) is 0 Å². The predicted molar refractivity (Wildman–Crippen MR) is 79.7 cm³/mol. The second kappa shape index (κ2) is 5.44. The van der Waals surface area contributed by atoms with Crippen LogP contribution in [-0.4, -0.2) is 54.0 Å². The van der Waals surface area contributed by atoms with E-state index in [2.05, 4.69) is 21.9 Å². The molecule has 7 nitrogen and oxygen atoms in total. The van der Waals surface area contributed by atoms with Gasteiger partial charge in [0.1, 0.15) is 0 Å². The van der Waals surface area contributed by atoms with E-state index in [9.17, 15) is 4.79 Å². The van der Waals surface area contributed by atoms with Gasteiger partial charge in [-0.2, -0.15) is 9.97 Å². The molecule has 0 aliphatic rings. The number of aryl methyl sites for hydroxylation is 1. The van der Waals surface area contributed by atoms with Crippen LogP contribution >= 0.6 is 0 Å². The van der Waals surface area contributed by atoms with Crippen LogP contribution in [-0.2, 0) is 6.54 Å². The molecule has 0 bridgehead atoms. The standard InChI is InChI=1S/C13H20N6O/c1-6-7-19-9(8-20)14-10-11(17(2)3)15-13(18(4)5)16-12(10)19/h8H,6-7H2,1-5H3. The molecular formula is C13H20N6O. The minimum atomic E-state index is 0.398. The molecule has 0 aliphatic carbocycles. The fourth-order valence-corrected chi connectivity index (χ4v) is 2.04. The van der Waals surface area contributed by atoms with Crippen LogP contribution in [0.3, 0.4) is 0 Å². The topological polar surface area (TPSA) is 67.2 Å². The van der Waals surface area contributed by atoms with Crippen LogP contribution in [0, 0.1) is 0 Å². The summed E-state index contributed by atoms with van der Waals surface area (Å²) in [7, 11) is 7.59. The van der Waals surface area contributed by atoms with E-state index in [0.29, 0.717) is 29.5 Å². The van der Waals surface area contributed by atoms with Crippen molar-refractivity contribution in [3.05, 3.63) is 5.82 Å². The van der Waals surface area contributed by atoms with E-state index in [-0.39, 0.29) is 0 Å². The van der Waals surface area contributed by atoms with Gasteiger partial charge in [0.15, 0.2) is 29.1 Å². The first-order chi connectivity index (χ1) is 9.49. The summed E-state index contributed by atoms with van der Waals surface area (Å²) in [6.07, 6.45) is 1.68. The van der Waals surface area contributed by atoms with Gasteiger partial charge in [-0.3, -0.25) is 4.79 Å². The van der Waals surface area contributed by atoms with Crippen molar-refractivity contribution in [2.24, 2.45) is 0 Å². The van der Waals surface area contributed by atoms with E-state index >= 15 is 0 Å². The van der Waals surface area contributed by atoms with Gasteiger partial charge in [-0.05, 0) is 6.42 Å². The molecule has 108 valence electrons. The zero-order chi connectivity index (χ0) is 14.9. The minimum Gasteiger partial charge on any atom is -0.361 e. The van der Waals surface area contributed by atoms with Gasteiger partial charge in [0.2, 0.25) is 5.95 Å². The zero-order valence-electron chi connectivity index (χ0n) is 12.6. The first-order valence-electron chi connectivity index (χ1n) is 6.57. The van der Waals surface area contributed by atoms with Gasteiger partial charge < -0.3 is 14.4 Å². The minimum absolute atomic E-state index is 0.398. The van der Waals surface area contributed by atoms with E-state index in [1.807, 2.05) is 42.6 Å². The number of hydrogen-bond donors (Lipinski definition) is 0. The number of rotatable bonds is 5. The number of nitrogens with zero attached hydrogens (tertiary/aromatic N) is 6. The molecule has 0 fully saturated rings. The smallest absolute Gasteiger partial charge is 0.228 e. The molecule has 2 aromatic heterocycles. The Hall–Kier alpha value is -2.18. The Kier molecular flexibility index (Phi) is 3.87. The molecular weight excluding hydrogens is 256 g/mol. The summed E-state index contributed by atoms with van der Waals surface area (Å²) in [6.45, 7) is 2.77. The Morgan fingerprint density at radius 3 is 2.30 bits per heavy atom. The van der Waals surface area contributed by atoms with Crippen molar-refractivity contribution in [1.29, 1.82) is 0 Å². The van der Waals surface area contributed by atoms with Crippen LogP contribution in [0.1, 0.15) is 24.0 Å². The third kappa shape index (κ3) is 2.31. The molecule has 7 heteroatoms. The molecule has 0 aromatic carbocycles. The number of anilines is 2. The average molecular weight is 276 g/mol. The lowest BCUT2D eigenvalue weighted by atomic mass is 10.4. The second-order valence-electron chi connectivity index (χ2n) is 5.05. The van der Waals surface area contributed by atoms with Gasteiger partial charge in [-0.25, -0.2) is 4.98 Å². The van der Waals surface area contributed by atoms with E-state index in [0.717, 1.165) is 18.5 Å². The van der Waals surface area contributed by atoms with Crippen molar-refractivity contribution in [1.82, 2.24) is 19.5 Å². The van der Waals surface area contributed by atoms with E-state index in [4.69, 9.17) is 0 Å². The lowest BCUT2D eigenvalue weighted by molar-refractivity contribution is 0.111. The van der Waals surface area contributed by atoms with Gasteiger partial charge in [-0.15, -0.1) is 0 Å². The van der Waals surface area contributed by atoms with Crippen LogP contribution in [0.5, 0.6) is 0 Å². The molecule has 2 heterocycles. The highest BCUT2D eigenvalue weighted by atomic mass is 16.1. The van der Waals surface area contributed by atoms with E-state index in [1.165, 1.54) is 0 Å². The highest BCUT2D eigenvalue weighted by Crippen LogP contribution is 2.25. The fraction of sp³-hybridized carbons (Fsp3) is 0.538. The summed E-state index contributed by atoms with van der Waals surface area (Å²) in [4.78, 5) is 28.4. The third-order valence-electron chi connectivity index (χ3n) is 2.97. The Morgan fingerprint density at radius 1 is 1.10 bits per heavy atom. The largest absolute Gasteiger partial charge is 0.361 e. The lowest BCUT2D eigenvalue weighted by Gasteiger charge is -2.16. The van der Waals surface area contributed by atoms with Gasteiger partial charge in [0.25, 0.3) is 0 Å². The summed E-state index contributed by atoms with van der Waals surface area (Å²) < 4.78 is 1.85. The Labute approximate surface area is 118 Å². The number of fused-ring (bicyclic) bond motifs is 1. The maximum Gasteiger partial charge on any atom is 0.228 e. The van der Waals surface area contributed by atoms with Crippen molar-refractivity contribution >= 4 is 29.2 Å². The molecule has 20 heavy (non-hydrogen) atoms. The van der Waals surface area contributed by atoms with Crippen LogP contribution < -0.4 is 9.80 Å². The van der Waals surface area contributed by atoms with Gasteiger partial charge in [-0.1, -0.05) is 6.92 Å². The quantitative estimate of drug-likeness (QED) is 0.764. The molecule has 0 atom stereocenters. The molecule has 0 aliphatic heterocycles. The van der Waals surface area contributed by atoms with Crippen molar-refractivity contribution < 1.29 is 4.79 Å². The maximum absolute atomic E-state index is 11.2. The van der Waals surface area contributed by atoms with Gasteiger partial charge >= 0.3 is 0 Å². The summed E-state index contributed by atoms with van der Waals surface area (Å²) >= 11 is 0. The lowest BCUT2D eigenvalue weighted by Crippen LogP contribution is -2.18. The molecule has 0 spiro atoms. The highest BCUT2D eigenvalue weighted by Gasteiger charge is 2.18. The average Bonchev–Trinajstić information content (AvgIpc) is 2.76. The third-order valence-corrected chi connectivity index (χ3v) is 2.97. The number of imidazole rings is 1. The van der Waals surface area contributed by atoms with Crippen LogP contribution in [0.4, 0.5) is 11.8 Å². The zero-order valence-corrected chi connectivity index (χ0v) is 12.6. The molecule has 0 amide bonds. The molecule has 0 radical (unpaired) electrons. The number of carbonyl (C=O) groups is 1. The maximum atomic E-state index is 11.2. The number of hydrogen-bond acceptors (Lipinski definition) is 6. The van der Waals surface area contributed by atoms with Crippen molar-refractivity contribution in [3.63, 3.8) is 0 Å². The van der Waals surface area contributed by atoms with Crippen molar-refractivity contribution in [2.45, 2.75) is 19.9 Å². The summed E-state index contributed by atoms with van der Waals surface area (Å²) in [5.41, 5.74) is 1.37. The number of aromatic nitrogens is 4. The Bertz CT molecular complexity index is 631. The SMILES string of the molecule is CCCn1c(C=O)nc2c(N(C)C)nc(N(C)C)nc21. The normalized spacial score (nSPS) is 10.8. The number of aldehydes is 1. The predicted octanol–water partition coefficient (Wildman–Crippen LogP) is 1.18. The van der Waals surface area contributed by atoms with Gasteiger partial charge in [0.05, 0.1) is 0 Å². The van der Waals surface area contributed by atoms with E-state index < -0.39 is 0 Å². The molecule has 0 saturated heterocycles. The summed E-state index contributed by atoms with van der Waals surface area (Å²) in [6, 6.07) is 0. The first-order valence-corrected chi connectivity index (χ1v) is 6.57. The molecule has 2 rings (SSSR count). The van der Waals surface area contributed by atoms with Gasteiger partial charge in [0, 0.05) is 34.7 Å². The monoisotopic (exact) mass is 276 g/mol. The molecule has 0 saturated carbocycles. The molecule has 2 aromatic rings. The van der Waals surface area contributed by atoms with Crippen LogP contribution in [0.25, 0.3) is 11.2 Å². The second-order valence-corrected chi connectivity index (χ2v) is 5.05. The molecule has 0 N–H and O–H groups in total. The Balaban J connectivity index is 2.80. The first kappa shape index (κ1) is 14.2. The van der Waals surface area contributed by atoms with Crippen LogP contribution in [0.2, 0.25) is 0 Å². The highest BCUT2D eigenvalue weighted by molar-refractivity contribution is 5.89. The van der Waals surface area contributed by atoms with E-state index in [1.54, 1.807) is 0 Å². The fourth-order valence-electron chi connectivity index (χ4n) is 2.04. The van der Waals surface area contributed by atoms with Crippen LogP contribution in [0.15, 0.2) is 0 Å². The Morgan fingerprint density at radius 2 is 1.80 bits per heavy atom. The number of carbonyl (C=O) groups excluding carboxylic acids is 1. The van der Waals surface area contributed by atoms with Crippen molar-refractivity contribution in [2.75, 3.05) is 38.0 Å². The summed E-state index contributed by atoms with van der Waals surface area (Å²) in [5.74, 6) is 1.72. The molecule has 0 unspecified atom stereocenters.